The molecule has 1 fully saturated rings. The zero-order chi connectivity index (χ0) is 12.0. The van der Waals surface area contributed by atoms with Crippen molar-refractivity contribution < 1.29 is 5.11 Å². The van der Waals surface area contributed by atoms with Crippen LogP contribution in [0.4, 0.5) is 5.82 Å². The Morgan fingerprint density at radius 2 is 2.06 bits per heavy atom. The summed E-state index contributed by atoms with van der Waals surface area (Å²) in [5.41, 5.74) is 7.17. The number of hydrogen-bond acceptors (Lipinski definition) is 3. The first-order valence-corrected chi connectivity index (χ1v) is 5.78. The average Bonchev–Trinajstić information content (AvgIpc) is 2.41. The number of aromatic nitrogens is 1. The molecule has 0 amide bonds. The van der Waals surface area contributed by atoms with Gasteiger partial charge in [-0.15, -0.1) is 0 Å². The topological polar surface area (TPSA) is 59.1 Å². The van der Waals surface area contributed by atoms with Crippen LogP contribution < -0.4 is 5.73 Å². The Labute approximate surface area is 96.7 Å². The summed E-state index contributed by atoms with van der Waals surface area (Å²) in [5.74, 6) is 0.472. The van der Waals surface area contributed by atoms with E-state index in [0.717, 1.165) is 30.4 Å². The van der Waals surface area contributed by atoms with Gasteiger partial charge in [-0.1, -0.05) is 13.8 Å². The van der Waals surface area contributed by atoms with Gasteiger partial charge in [0.1, 0.15) is 5.82 Å². The van der Waals surface area contributed by atoms with E-state index < -0.39 is 5.60 Å². The van der Waals surface area contributed by atoms with Gasteiger partial charge in [0.05, 0.1) is 5.60 Å². The van der Waals surface area contributed by atoms with Gasteiger partial charge in [0.15, 0.2) is 0 Å². The molecule has 0 aromatic carbocycles. The van der Waals surface area contributed by atoms with Crippen LogP contribution in [0.1, 0.15) is 44.2 Å². The van der Waals surface area contributed by atoms with Gasteiger partial charge < -0.3 is 10.8 Å². The first-order valence-electron chi connectivity index (χ1n) is 5.78. The molecule has 3 N–H and O–H groups in total. The van der Waals surface area contributed by atoms with E-state index >= 15 is 0 Å². The lowest BCUT2D eigenvalue weighted by molar-refractivity contribution is 0.0337. The number of anilines is 1. The number of pyridine rings is 1. The van der Waals surface area contributed by atoms with Crippen molar-refractivity contribution in [2.24, 2.45) is 5.41 Å². The Hall–Kier alpha value is -1.09. The van der Waals surface area contributed by atoms with Crippen LogP contribution in [-0.4, -0.2) is 10.1 Å². The Kier molecular flexibility index (Phi) is 2.46. The Balaban J connectivity index is 2.45. The van der Waals surface area contributed by atoms with Crippen LogP contribution in [0.5, 0.6) is 0 Å². The van der Waals surface area contributed by atoms with Crippen LogP contribution in [-0.2, 0) is 5.60 Å². The highest BCUT2D eigenvalue weighted by Crippen LogP contribution is 2.50. The summed E-state index contributed by atoms with van der Waals surface area (Å²) < 4.78 is 0. The van der Waals surface area contributed by atoms with E-state index in [4.69, 9.17) is 5.73 Å². The monoisotopic (exact) mass is 220 g/mol. The molecule has 16 heavy (non-hydrogen) atoms. The van der Waals surface area contributed by atoms with Crippen molar-refractivity contribution >= 4 is 5.82 Å². The summed E-state index contributed by atoms with van der Waals surface area (Å²) in [6.07, 6.45) is 4.25. The molecule has 1 aromatic rings. The van der Waals surface area contributed by atoms with Crippen LogP contribution >= 0.6 is 0 Å². The zero-order valence-electron chi connectivity index (χ0n) is 10.2. The van der Waals surface area contributed by atoms with E-state index in [1.165, 1.54) is 0 Å². The number of hydrogen-bond donors (Lipinski definition) is 2. The van der Waals surface area contributed by atoms with E-state index in [1.807, 2.05) is 13.0 Å². The minimum absolute atomic E-state index is 0.184. The van der Waals surface area contributed by atoms with Gasteiger partial charge >= 0.3 is 0 Å². The van der Waals surface area contributed by atoms with E-state index in [9.17, 15) is 5.11 Å². The number of aryl methyl sites for hydroxylation is 1. The molecule has 0 saturated heterocycles. The summed E-state index contributed by atoms with van der Waals surface area (Å²) >= 11 is 0. The van der Waals surface area contributed by atoms with E-state index in [0.29, 0.717) is 5.82 Å². The first kappa shape index (κ1) is 11.4. The molecule has 1 aliphatic carbocycles. The molecule has 0 spiro atoms. The molecule has 1 unspecified atom stereocenters. The van der Waals surface area contributed by atoms with Crippen LogP contribution in [0.25, 0.3) is 0 Å². The molecule has 2 rings (SSSR count). The highest BCUT2D eigenvalue weighted by atomic mass is 16.3. The molecule has 1 aromatic heterocycles. The van der Waals surface area contributed by atoms with Gasteiger partial charge in [0.25, 0.3) is 0 Å². The second kappa shape index (κ2) is 3.45. The smallest absolute Gasteiger partial charge is 0.129 e. The summed E-state index contributed by atoms with van der Waals surface area (Å²) in [6, 6.07) is 1.91. The fourth-order valence-electron chi connectivity index (χ4n) is 2.91. The van der Waals surface area contributed by atoms with E-state index in [1.54, 1.807) is 6.20 Å². The van der Waals surface area contributed by atoms with Gasteiger partial charge in [-0.2, -0.15) is 0 Å². The molecule has 0 bridgehead atoms. The molecule has 1 saturated carbocycles. The Morgan fingerprint density at radius 3 is 2.56 bits per heavy atom. The number of rotatable bonds is 1. The molecular formula is C13H20N2O. The predicted molar refractivity (Wildman–Crippen MR) is 64.9 cm³/mol. The van der Waals surface area contributed by atoms with Crippen LogP contribution in [0.2, 0.25) is 0 Å². The second-order valence-electron chi connectivity index (χ2n) is 5.76. The molecule has 0 aliphatic heterocycles. The van der Waals surface area contributed by atoms with Gasteiger partial charge in [-0.3, -0.25) is 0 Å². The fourth-order valence-corrected chi connectivity index (χ4v) is 2.91. The largest absolute Gasteiger partial charge is 0.385 e. The zero-order valence-corrected chi connectivity index (χ0v) is 10.2. The lowest BCUT2D eigenvalue weighted by Crippen LogP contribution is -2.26. The highest BCUT2D eigenvalue weighted by molar-refractivity contribution is 5.48. The van der Waals surface area contributed by atoms with E-state index in [-0.39, 0.29) is 5.41 Å². The lowest BCUT2D eigenvalue weighted by Gasteiger charge is -2.28. The molecule has 0 radical (unpaired) electrons. The molecule has 1 heterocycles. The highest BCUT2D eigenvalue weighted by Gasteiger charge is 2.44. The molecule has 3 heteroatoms. The van der Waals surface area contributed by atoms with Gasteiger partial charge in [-0.25, -0.2) is 4.98 Å². The van der Waals surface area contributed by atoms with Crippen molar-refractivity contribution in [1.29, 1.82) is 0 Å². The summed E-state index contributed by atoms with van der Waals surface area (Å²) in [6.45, 7) is 6.36. The minimum Gasteiger partial charge on any atom is -0.385 e. The van der Waals surface area contributed by atoms with Crippen LogP contribution in [0.3, 0.4) is 0 Å². The van der Waals surface area contributed by atoms with Crippen molar-refractivity contribution in [1.82, 2.24) is 4.98 Å². The number of nitrogen functional groups attached to an aromatic ring is 1. The van der Waals surface area contributed by atoms with Crippen molar-refractivity contribution in [2.75, 3.05) is 5.73 Å². The van der Waals surface area contributed by atoms with Crippen LogP contribution in [0.15, 0.2) is 12.3 Å². The third-order valence-electron chi connectivity index (χ3n) is 3.64. The maximum atomic E-state index is 10.7. The third kappa shape index (κ3) is 1.80. The number of nitrogens with two attached hydrogens (primary N) is 1. The predicted octanol–water partition coefficient (Wildman–Crippen LogP) is 2.37. The maximum absolute atomic E-state index is 10.7. The first-order chi connectivity index (χ1) is 7.34. The minimum atomic E-state index is -0.786. The quantitative estimate of drug-likeness (QED) is 0.764. The average molecular weight is 220 g/mol. The summed E-state index contributed by atoms with van der Waals surface area (Å²) in [4.78, 5) is 4.10. The second-order valence-corrected chi connectivity index (χ2v) is 5.76. The van der Waals surface area contributed by atoms with Gasteiger partial charge in [0, 0.05) is 11.8 Å². The Morgan fingerprint density at radius 1 is 1.38 bits per heavy atom. The summed E-state index contributed by atoms with van der Waals surface area (Å²) in [5, 5.41) is 10.7. The molecule has 88 valence electrons. The third-order valence-corrected chi connectivity index (χ3v) is 3.64. The lowest BCUT2D eigenvalue weighted by atomic mass is 9.84. The maximum Gasteiger partial charge on any atom is 0.129 e. The van der Waals surface area contributed by atoms with Crippen molar-refractivity contribution in [3.05, 3.63) is 23.4 Å². The van der Waals surface area contributed by atoms with Crippen molar-refractivity contribution in [3.63, 3.8) is 0 Å². The molecule has 1 aliphatic rings. The van der Waals surface area contributed by atoms with Crippen molar-refractivity contribution in [3.8, 4) is 0 Å². The number of aliphatic hydroxyl groups is 1. The molecule has 1 atom stereocenters. The Bertz CT molecular complexity index is 394. The standard InChI is InChI=1S/C13H20N2O/c1-9-4-7-15-11(14)10(9)13(16)6-5-12(2,3)8-13/h4,7,16H,5-6,8H2,1-3H3,(H2,14,15). The van der Waals surface area contributed by atoms with Gasteiger partial charge in [-0.05, 0) is 43.2 Å². The van der Waals surface area contributed by atoms with Gasteiger partial charge in [0.2, 0.25) is 0 Å². The van der Waals surface area contributed by atoms with E-state index in [2.05, 4.69) is 18.8 Å². The number of nitrogens with zero attached hydrogens (tertiary/aromatic N) is 1. The fraction of sp³-hybridized carbons (Fsp3) is 0.615. The normalized spacial score (nSPS) is 28.2. The molecule has 3 nitrogen and oxygen atoms in total. The summed E-state index contributed by atoms with van der Waals surface area (Å²) in [7, 11) is 0. The van der Waals surface area contributed by atoms with Crippen molar-refractivity contribution in [2.45, 2.75) is 45.6 Å². The van der Waals surface area contributed by atoms with Crippen LogP contribution in [0, 0.1) is 12.3 Å². The molecular weight excluding hydrogens is 200 g/mol. The SMILES string of the molecule is Cc1ccnc(N)c1C1(O)CCC(C)(C)C1.